The Morgan fingerprint density at radius 1 is 1.08 bits per heavy atom. The Labute approximate surface area is 228 Å². The number of Topliss-reactive ketones (excluding diaryl/α,β-unsaturated/α-hetero) is 1. The van der Waals surface area contributed by atoms with E-state index in [1.165, 1.54) is 17.7 Å². The summed E-state index contributed by atoms with van der Waals surface area (Å²) in [5, 5.41) is 5.96. The fourth-order valence-electron chi connectivity index (χ4n) is 3.91. The molecule has 3 N–H and O–H groups in total. The number of fused-ring (bicyclic) bond motifs is 1. The quantitative estimate of drug-likeness (QED) is 0.205. The smallest absolute Gasteiger partial charge is 0.268 e. The topological polar surface area (TPSA) is 148 Å². The van der Waals surface area contributed by atoms with Crippen molar-refractivity contribution in [2.45, 2.75) is 6.54 Å². The molecule has 5 aromatic rings. The Morgan fingerprint density at radius 2 is 1.90 bits per heavy atom. The van der Waals surface area contributed by atoms with Gasteiger partial charge in [0.15, 0.2) is 17.9 Å². The number of thiophene rings is 1. The Kier molecular flexibility index (Phi) is 7.54. The molecule has 0 aliphatic rings. The van der Waals surface area contributed by atoms with E-state index in [2.05, 4.69) is 25.3 Å². The van der Waals surface area contributed by atoms with Crippen LogP contribution >= 0.6 is 11.3 Å². The molecule has 1 amide bonds. The first-order valence-corrected chi connectivity index (χ1v) is 14.5. The van der Waals surface area contributed by atoms with E-state index in [1.54, 1.807) is 53.2 Å². The van der Waals surface area contributed by atoms with Crippen molar-refractivity contribution >= 4 is 55.7 Å². The number of anilines is 2. The predicted octanol–water partition coefficient (Wildman–Crippen LogP) is 3.85. The molecule has 0 atom stereocenters. The molecule has 0 radical (unpaired) electrons. The average Bonchev–Trinajstić information content (AvgIpc) is 3.67. The monoisotopic (exact) mass is 564 g/mol. The molecule has 3 heterocycles. The van der Waals surface area contributed by atoms with E-state index in [0.717, 1.165) is 11.1 Å². The molecule has 200 valence electrons. The number of benzene rings is 2. The van der Waals surface area contributed by atoms with E-state index in [1.807, 2.05) is 18.2 Å². The van der Waals surface area contributed by atoms with Crippen molar-refractivity contribution < 1.29 is 22.4 Å². The number of nitrogens with one attached hydrogen (secondary N) is 3. The molecule has 0 fully saturated rings. The highest BCUT2D eigenvalue weighted by Crippen LogP contribution is 2.29. The molecular formula is C26H24N6O5S2. The number of hydrogen-bond donors (Lipinski definition) is 3. The van der Waals surface area contributed by atoms with Crippen LogP contribution in [0.2, 0.25) is 0 Å². The summed E-state index contributed by atoms with van der Waals surface area (Å²) in [5.74, 6) is 0.396. The average molecular weight is 565 g/mol. The normalized spacial score (nSPS) is 11.5. The van der Waals surface area contributed by atoms with Crippen LogP contribution in [0, 0.1) is 0 Å². The SMILES string of the molecule is CS(=O)(=O)NCCn1c(NC(=O)c2ccc(-c3cnco3)s2)nc2cc(NCC(=O)c3ccccc3)ccc21. The number of aromatic nitrogens is 3. The molecule has 0 aliphatic carbocycles. The van der Waals surface area contributed by atoms with Gasteiger partial charge in [-0.15, -0.1) is 11.3 Å². The summed E-state index contributed by atoms with van der Waals surface area (Å²) in [5.41, 5.74) is 2.54. The number of imidazole rings is 1. The lowest BCUT2D eigenvalue weighted by atomic mass is 10.1. The van der Waals surface area contributed by atoms with E-state index in [0.29, 0.717) is 32.9 Å². The lowest BCUT2D eigenvalue weighted by Gasteiger charge is -2.10. The minimum Gasteiger partial charge on any atom is -0.443 e. The maximum atomic E-state index is 13.1. The number of carbonyl (C=O) groups excluding carboxylic acids is 2. The first-order valence-electron chi connectivity index (χ1n) is 11.8. The van der Waals surface area contributed by atoms with Crippen LogP contribution < -0.4 is 15.4 Å². The number of sulfonamides is 1. The zero-order valence-corrected chi connectivity index (χ0v) is 22.4. The molecule has 0 unspecified atom stereocenters. The van der Waals surface area contributed by atoms with Crippen LogP contribution in [0.15, 0.2) is 77.7 Å². The van der Waals surface area contributed by atoms with Crippen molar-refractivity contribution in [3.05, 3.63) is 83.7 Å². The van der Waals surface area contributed by atoms with Crippen LogP contribution in [0.3, 0.4) is 0 Å². The lowest BCUT2D eigenvalue weighted by Crippen LogP contribution is -2.26. The first kappa shape index (κ1) is 26.3. The van der Waals surface area contributed by atoms with Gasteiger partial charge in [0.1, 0.15) is 0 Å². The zero-order valence-electron chi connectivity index (χ0n) is 20.7. The molecule has 5 rings (SSSR count). The zero-order chi connectivity index (χ0) is 27.4. The number of ketones is 1. The largest absolute Gasteiger partial charge is 0.443 e. The van der Waals surface area contributed by atoms with Gasteiger partial charge in [-0.3, -0.25) is 14.9 Å². The number of carbonyl (C=O) groups is 2. The van der Waals surface area contributed by atoms with Crippen molar-refractivity contribution in [3.63, 3.8) is 0 Å². The second-order valence-corrected chi connectivity index (χ2v) is 11.5. The summed E-state index contributed by atoms with van der Waals surface area (Å²) >= 11 is 1.25. The molecule has 0 bridgehead atoms. The van der Waals surface area contributed by atoms with Crippen LogP contribution in [0.1, 0.15) is 20.0 Å². The van der Waals surface area contributed by atoms with Gasteiger partial charge in [0.2, 0.25) is 16.0 Å². The lowest BCUT2D eigenvalue weighted by molar-refractivity contribution is 0.100. The Morgan fingerprint density at radius 3 is 2.64 bits per heavy atom. The summed E-state index contributed by atoms with van der Waals surface area (Å²) in [6.45, 7) is 0.434. The van der Waals surface area contributed by atoms with Crippen molar-refractivity contribution in [2.75, 3.05) is 30.0 Å². The summed E-state index contributed by atoms with van der Waals surface area (Å²) in [4.78, 5) is 35.3. The summed E-state index contributed by atoms with van der Waals surface area (Å²) in [6.07, 6.45) is 3.97. The van der Waals surface area contributed by atoms with Gasteiger partial charge in [0, 0.05) is 24.3 Å². The number of nitrogens with zero attached hydrogens (tertiary/aromatic N) is 3. The van der Waals surface area contributed by atoms with Crippen LogP contribution in [0.4, 0.5) is 11.6 Å². The van der Waals surface area contributed by atoms with Crippen LogP contribution in [-0.2, 0) is 16.6 Å². The Hall–Kier alpha value is -4.33. The molecule has 39 heavy (non-hydrogen) atoms. The second-order valence-electron chi connectivity index (χ2n) is 8.58. The fraction of sp³-hybridized carbons (Fsp3) is 0.154. The molecule has 0 saturated heterocycles. The maximum Gasteiger partial charge on any atom is 0.268 e. The Bertz CT molecular complexity index is 1730. The van der Waals surface area contributed by atoms with Crippen molar-refractivity contribution in [1.82, 2.24) is 19.3 Å². The number of hydrogen-bond acceptors (Lipinski definition) is 9. The molecule has 3 aromatic heterocycles. The van der Waals surface area contributed by atoms with Gasteiger partial charge in [0.05, 0.1) is 39.8 Å². The standard InChI is InChI=1S/C26H24N6O5S2/c1-39(35,36)29-11-12-32-20-8-7-18(28-14-21(33)17-5-3-2-4-6-17)13-19(20)30-26(32)31-25(34)24-10-9-23(38-24)22-15-27-16-37-22/h2-10,13,15-16,28-29H,11-12,14H2,1H3,(H,30,31,34). The summed E-state index contributed by atoms with van der Waals surface area (Å²) in [7, 11) is -3.40. The highest BCUT2D eigenvalue weighted by molar-refractivity contribution is 7.88. The van der Waals surface area contributed by atoms with Gasteiger partial charge in [0.25, 0.3) is 5.91 Å². The summed E-state index contributed by atoms with van der Waals surface area (Å²) in [6, 6.07) is 17.8. The minimum absolute atomic E-state index is 0.0540. The van der Waals surface area contributed by atoms with E-state index < -0.39 is 10.0 Å². The molecule has 13 heteroatoms. The van der Waals surface area contributed by atoms with Crippen molar-refractivity contribution in [3.8, 4) is 10.6 Å². The number of amides is 1. The van der Waals surface area contributed by atoms with Crippen LogP contribution in [-0.4, -0.2) is 54.0 Å². The molecule has 11 nitrogen and oxygen atoms in total. The number of rotatable bonds is 11. The third-order valence-electron chi connectivity index (χ3n) is 5.73. The second kappa shape index (κ2) is 11.2. The van der Waals surface area contributed by atoms with Crippen molar-refractivity contribution in [1.29, 1.82) is 0 Å². The number of oxazole rings is 1. The third-order valence-corrected chi connectivity index (χ3v) is 7.55. The molecule has 0 aliphatic heterocycles. The molecule has 0 spiro atoms. The van der Waals surface area contributed by atoms with Crippen molar-refractivity contribution in [2.24, 2.45) is 0 Å². The Balaban J connectivity index is 1.37. The predicted molar refractivity (Wildman–Crippen MR) is 150 cm³/mol. The van der Waals surface area contributed by atoms with Gasteiger partial charge in [-0.2, -0.15) is 0 Å². The highest BCUT2D eigenvalue weighted by atomic mass is 32.2. The van der Waals surface area contributed by atoms with E-state index in [4.69, 9.17) is 4.42 Å². The van der Waals surface area contributed by atoms with Gasteiger partial charge in [-0.05, 0) is 30.3 Å². The molecular weight excluding hydrogens is 540 g/mol. The van der Waals surface area contributed by atoms with E-state index in [9.17, 15) is 18.0 Å². The molecule has 0 saturated carbocycles. The van der Waals surface area contributed by atoms with Gasteiger partial charge in [-0.1, -0.05) is 30.3 Å². The van der Waals surface area contributed by atoms with Gasteiger partial charge >= 0.3 is 0 Å². The van der Waals surface area contributed by atoms with Crippen LogP contribution in [0.25, 0.3) is 21.7 Å². The van der Waals surface area contributed by atoms with E-state index >= 15 is 0 Å². The third kappa shape index (κ3) is 6.39. The maximum absolute atomic E-state index is 13.1. The van der Waals surface area contributed by atoms with Crippen LogP contribution in [0.5, 0.6) is 0 Å². The minimum atomic E-state index is -3.40. The highest BCUT2D eigenvalue weighted by Gasteiger charge is 2.18. The van der Waals surface area contributed by atoms with Gasteiger partial charge in [-0.25, -0.2) is 23.1 Å². The first-order chi connectivity index (χ1) is 18.8. The molecule has 2 aromatic carbocycles. The van der Waals surface area contributed by atoms with E-state index in [-0.39, 0.29) is 37.3 Å². The summed E-state index contributed by atoms with van der Waals surface area (Å²) < 4.78 is 32.7. The fourth-order valence-corrected chi connectivity index (χ4v) is 5.22. The van der Waals surface area contributed by atoms with Gasteiger partial charge < -0.3 is 14.3 Å².